The molecule has 0 aliphatic heterocycles. The summed E-state index contributed by atoms with van der Waals surface area (Å²) in [5.41, 5.74) is 1.63. The third-order valence-electron chi connectivity index (χ3n) is 0.843. The van der Waals surface area contributed by atoms with Crippen LogP contribution in [0.4, 0.5) is 9.80 Å². The molecular formula is C5H6N2O2S. The van der Waals surface area contributed by atoms with Crippen LogP contribution in [-0.4, -0.2) is 18.2 Å². The number of rotatable bonds is 1. The van der Waals surface area contributed by atoms with E-state index in [1.807, 2.05) is 0 Å². The number of amides is 1. The van der Waals surface area contributed by atoms with Crippen molar-refractivity contribution in [1.29, 1.82) is 0 Å². The Hall–Kier alpha value is -1.10. The zero-order valence-electron chi connectivity index (χ0n) is 5.33. The Morgan fingerprint density at radius 2 is 2.70 bits per heavy atom. The molecule has 5 heteroatoms. The molecule has 1 amide bonds. The topological polar surface area (TPSA) is 51.2 Å². The summed E-state index contributed by atoms with van der Waals surface area (Å²) in [5, 5.41) is 3.15. The minimum absolute atomic E-state index is 0.468. The number of methoxy groups -OCH3 is 1. The molecule has 1 N–H and O–H groups in total. The molecule has 1 aromatic heterocycles. The number of thiazole rings is 1. The molecule has 0 fully saturated rings. The molecule has 0 unspecified atom stereocenters. The van der Waals surface area contributed by atoms with E-state index < -0.39 is 6.09 Å². The molecule has 0 aliphatic rings. The number of aromatic nitrogens is 1. The molecular weight excluding hydrogens is 152 g/mol. The first-order valence-corrected chi connectivity index (χ1v) is 3.44. The van der Waals surface area contributed by atoms with Crippen molar-refractivity contribution < 1.29 is 9.53 Å². The molecule has 0 bridgehead atoms. The van der Waals surface area contributed by atoms with Crippen LogP contribution in [0.3, 0.4) is 0 Å². The van der Waals surface area contributed by atoms with Gasteiger partial charge in [-0.1, -0.05) is 0 Å². The second-order valence-electron chi connectivity index (χ2n) is 1.48. The minimum atomic E-state index is -0.468. The predicted molar refractivity (Wildman–Crippen MR) is 38.1 cm³/mol. The standard InChI is InChI=1S/C5H6N2O2S/c1-9-5(8)7-4-2-6-3-10-4/h2-3H,1H3,(H,7,8). The summed E-state index contributed by atoms with van der Waals surface area (Å²) in [7, 11) is 1.32. The Balaban J connectivity index is 2.48. The summed E-state index contributed by atoms with van der Waals surface area (Å²) < 4.78 is 4.35. The van der Waals surface area contributed by atoms with E-state index in [0.29, 0.717) is 5.00 Å². The van der Waals surface area contributed by atoms with Crippen LogP contribution >= 0.6 is 11.3 Å². The second kappa shape index (κ2) is 3.17. The van der Waals surface area contributed by atoms with Gasteiger partial charge in [-0.15, -0.1) is 11.3 Å². The van der Waals surface area contributed by atoms with E-state index in [0.717, 1.165) is 0 Å². The first-order valence-electron chi connectivity index (χ1n) is 2.56. The van der Waals surface area contributed by atoms with Gasteiger partial charge in [0.25, 0.3) is 0 Å². The maximum absolute atomic E-state index is 10.5. The lowest BCUT2D eigenvalue weighted by atomic mass is 10.8. The lowest BCUT2D eigenvalue weighted by Gasteiger charge is -1.96. The highest BCUT2D eigenvalue weighted by Gasteiger charge is 1.99. The highest BCUT2D eigenvalue weighted by Crippen LogP contribution is 2.11. The monoisotopic (exact) mass is 158 g/mol. The third kappa shape index (κ3) is 1.70. The van der Waals surface area contributed by atoms with E-state index in [1.165, 1.54) is 18.4 Å². The smallest absolute Gasteiger partial charge is 0.412 e. The van der Waals surface area contributed by atoms with Crippen LogP contribution < -0.4 is 5.32 Å². The van der Waals surface area contributed by atoms with Crippen LogP contribution in [0, 0.1) is 0 Å². The second-order valence-corrected chi connectivity index (χ2v) is 2.37. The van der Waals surface area contributed by atoms with Gasteiger partial charge in [-0.2, -0.15) is 0 Å². The molecule has 0 saturated carbocycles. The first-order chi connectivity index (χ1) is 4.83. The fourth-order valence-electron chi connectivity index (χ4n) is 0.429. The first kappa shape index (κ1) is 7.01. The summed E-state index contributed by atoms with van der Waals surface area (Å²) in [6.07, 6.45) is 1.09. The van der Waals surface area contributed by atoms with Crippen LogP contribution in [0.5, 0.6) is 0 Å². The molecule has 0 aromatic carbocycles. The van der Waals surface area contributed by atoms with Crippen molar-refractivity contribution in [3.05, 3.63) is 11.7 Å². The highest BCUT2D eigenvalue weighted by molar-refractivity contribution is 7.13. The number of hydrogen-bond donors (Lipinski definition) is 1. The zero-order valence-corrected chi connectivity index (χ0v) is 6.14. The van der Waals surface area contributed by atoms with Gasteiger partial charge < -0.3 is 4.74 Å². The molecule has 54 valence electrons. The average molecular weight is 158 g/mol. The molecule has 1 heterocycles. The van der Waals surface area contributed by atoms with E-state index in [-0.39, 0.29) is 0 Å². The zero-order chi connectivity index (χ0) is 7.40. The SMILES string of the molecule is COC(=O)Nc1cncs1. The lowest BCUT2D eigenvalue weighted by molar-refractivity contribution is 0.187. The summed E-state index contributed by atoms with van der Waals surface area (Å²) in [4.78, 5) is 14.3. The van der Waals surface area contributed by atoms with Crippen molar-refractivity contribution in [2.45, 2.75) is 0 Å². The maximum Gasteiger partial charge on any atom is 0.412 e. The van der Waals surface area contributed by atoms with Gasteiger partial charge in [-0.3, -0.25) is 10.3 Å². The van der Waals surface area contributed by atoms with E-state index in [1.54, 1.807) is 11.7 Å². The number of ether oxygens (including phenoxy) is 1. The van der Waals surface area contributed by atoms with Gasteiger partial charge in [0.2, 0.25) is 0 Å². The van der Waals surface area contributed by atoms with Gasteiger partial charge in [0.1, 0.15) is 5.00 Å². The number of anilines is 1. The Kier molecular flexibility index (Phi) is 2.22. The molecule has 0 saturated heterocycles. The van der Waals surface area contributed by atoms with E-state index >= 15 is 0 Å². The lowest BCUT2D eigenvalue weighted by Crippen LogP contribution is -2.09. The fourth-order valence-corrected chi connectivity index (χ4v) is 0.928. The van der Waals surface area contributed by atoms with Gasteiger partial charge >= 0.3 is 6.09 Å². The molecule has 0 radical (unpaired) electrons. The van der Waals surface area contributed by atoms with Crippen LogP contribution in [0.1, 0.15) is 0 Å². The summed E-state index contributed by atoms with van der Waals surface area (Å²) >= 11 is 1.34. The number of carbonyl (C=O) groups excluding carboxylic acids is 1. The molecule has 1 aromatic rings. The van der Waals surface area contributed by atoms with Crippen molar-refractivity contribution >= 4 is 22.4 Å². The predicted octanol–water partition coefficient (Wildman–Crippen LogP) is 1.32. The summed E-state index contributed by atoms with van der Waals surface area (Å²) in [6.45, 7) is 0. The summed E-state index contributed by atoms with van der Waals surface area (Å²) in [6, 6.07) is 0. The van der Waals surface area contributed by atoms with Crippen molar-refractivity contribution in [2.75, 3.05) is 12.4 Å². The van der Waals surface area contributed by atoms with Gasteiger partial charge in [0.05, 0.1) is 18.8 Å². The van der Waals surface area contributed by atoms with Crippen LogP contribution in [-0.2, 0) is 4.74 Å². The van der Waals surface area contributed by atoms with E-state index in [4.69, 9.17) is 0 Å². The molecule has 10 heavy (non-hydrogen) atoms. The average Bonchev–Trinajstić information content (AvgIpc) is 2.40. The van der Waals surface area contributed by atoms with Gasteiger partial charge in [-0.05, 0) is 0 Å². The normalized spacial score (nSPS) is 8.90. The summed E-state index contributed by atoms with van der Waals surface area (Å²) in [5.74, 6) is 0. The maximum atomic E-state index is 10.5. The van der Waals surface area contributed by atoms with Gasteiger partial charge in [0, 0.05) is 0 Å². The molecule has 0 atom stereocenters. The van der Waals surface area contributed by atoms with Gasteiger partial charge in [0.15, 0.2) is 0 Å². The van der Waals surface area contributed by atoms with Crippen LogP contribution in [0.2, 0.25) is 0 Å². The van der Waals surface area contributed by atoms with Crippen molar-refractivity contribution in [1.82, 2.24) is 4.98 Å². The van der Waals surface area contributed by atoms with Crippen LogP contribution in [0.25, 0.3) is 0 Å². The number of nitrogens with one attached hydrogen (secondary N) is 1. The third-order valence-corrected chi connectivity index (χ3v) is 1.53. The largest absolute Gasteiger partial charge is 0.453 e. The molecule has 4 nitrogen and oxygen atoms in total. The number of carbonyl (C=O) groups is 1. The van der Waals surface area contributed by atoms with E-state index in [2.05, 4.69) is 15.0 Å². The van der Waals surface area contributed by atoms with Crippen molar-refractivity contribution in [3.8, 4) is 0 Å². The molecule has 0 spiro atoms. The van der Waals surface area contributed by atoms with Crippen LogP contribution in [0.15, 0.2) is 11.7 Å². The Morgan fingerprint density at radius 1 is 1.90 bits per heavy atom. The van der Waals surface area contributed by atoms with Gasteiger partial charge in [-0.25, -0.2) is 4.79 Å². The highest BCUT2D eigenvalue weighted by atomic mass is 32.1. The minimum Gasteiger partial charge on any atom is -0.453 e. The fraction of sp³-hybridized carbons (Fsp3) is 0.200. The molecule has 1 rings (SSSR count). The number of nitrogens with zero attached hydrogens (tertiary/aromatic N) is 1. The Morgan fingerprint density at radius 3 is 3.20 bits per heavy atom. The Labute approximate surface area is 61.8 Å². The number of hydrogen-bond acceptors (Lipinski definition) is 4. The Bertz CT molecular complexity index is 209. The van der Waals surface area contributed by atoms with Crippen molar-refractivity contribution in [3.63, 3.8) is 0 Å². The van der Waals surface area contributed by atoms with Crippen molar-refractivity contribution in [2.24, 2.45) is 0 Å². The van der Waals surface area contributed by atoms with E-state index in [9.17, 15) is 4.79 Å². The molecule has 0 aliphatic carbocycles. The quantitative estimate of drug-likeness (QED) is 0.670.